The van der Waals surface area contributed by atoms with Gasteiger partial charge in [-0.05, 0) is 35.7 Å². The molecule has 0 bridgehead atoms. The number of nitrogens with zero attached hydrogens (tertiary/aromatic N) is 1. The van der Waals surface area contributed by atoms with Crippen LogP contribution in [0.3, 0.4) is 0 Å². The molecule has 126 valence electrons. The fraction of sp³-hybridized carbons (Fsp3) is 0.143. The maximum Gasteiger partial charge on any atom is 0.195 e. The van der Waals surface area contributed by atoms with Crippen LogP contribution >= 0.6 is 0 Å². The SMILES string of the molecule is CC(C)c1ccc(C(=O)c2ccccc2Nc2ncccc2N)cc1. The van der Waals surface area contributed by atoms with Crippen LogP contribution in [0.4, 0.5) is 17.2 Å². The van der Waals surface area contributed by atoms with Gasteiger partial charge in [-0.2, -0.15) is 0 Å². The van der Waals surface area contributed by atoms with Crippen LogP contribution in [0.5, 0.6) is 0 Å². The lowest BCUT2D eigenvalue weighted by atomic mass is 9.97. The molecule has 3 N–H and O–H groups in total. The number of nitrogen functional groups attached to an aromatic ring is 1. The van der Waals surface area contributed by atoms with Crippen molar-refractivity contribution in [2.24, 2.45) is 0 Å². The Bertz CT molecular complexity index is 886. The van der Waals surface area contributed by atoms with Gasteiger partial charge in [-0.3, -0.25) is 4.79 Å². The van der Waals surface area contributed by atoms with Gasteiger partial charge in [0.1, 0.15) is 0 Å². The maximum atomic E-state index is 12.9. The molecule has 0 aliphatic rings. The van der Waals surface area contributed by atoms with E-state index in [4.69, 9.17) is 5.73 Å². The van der Waals surface area contributed by atoms with Crippen LogP contribution in [0, 0.1) is 0 Å². The molecule has 0 amide bonds. The first kappa shape index (κ1) is 16.7. The highest BCUT2D eigenvalue weighted by Crippen LogP contribution is 2.25. The van der Waals surface area contributed by atoms with E-state index in [0.717, 1.165) is 0 Å². The molecule has 1 heterocycles. The number of hydrogen-bond acceptors (Lipinski definition) is 4. The summed E-state index contributed by atoms with van der Waals surface area (Å²) in [6, 6.07) is 18.7. The topological polar surface area (TPSA) is 68.0 Å². The lowest BCUT2D eigenvalue weighted by Crippen LogP contribution is -2.07. The Morgan fingerprint density at radius 1 is 1.00 bits per heavy atom. The molecule has 0 saturated heterocycles. The average molecular weight is 331 g/mol. The predicted octanol–water partition coefficient (Wildman–Crippen LogP) is 4.76. The van der Waals surface area contributed by atoms with Crippen molar-refractivity contribution < 1.29 is 4.79 Å². The van der Waals surface area contributed by atoms with Crippen molar-refractivity contribution in [3.05, 3.63) is 83.6 Å². The van der Waals surface area contributed by atoms with Crippen LogP contribution in [0.25, 0.3) is 0 Å². The summed E-state index contributed by atoms with van der Waals surface area (Å²) in [7, 11) is 0. The zero-order chi connectivity index (χ0) is 17.8. The first-order valence-electron chi connectivity index (χ1n) is 8.27. The van der Waals surface area contributed by atoms with E-state index in [0.29, 0.717) is 34.2 Å². The molecule has 0 spiro atoms. The largest absolute Gasteiger partial charge is 0.396 e. The summed E-state index contributed by atoms with van der Waals surface area (Å²) < 4.78 is 0. The normalized spacial score (nSPS) is 10.7. The van der Waals surface area contributed by atoms with Crippen LogP contribution in [0.1, 0.15) is 41.3 Å². The number of ketones is 1. The number of para-hydroxylation sites is 1. The van der Waals surface area contributed by atoms with Gasteiger partial charge < -0.3 is 11.1 Å². The Kier molecular flexibility index (Phi) is 4.80. The van der Waals surface area contributed by atoms with Crippen molar-refractivity contribution in [1.29, 1.82) is 0 Å². The maximum absolute atomic E-state index is 12.9. The summed E-state index contributed by atoms with van der Waals surface area (Å²) >= 11 is 0. The number of nitrogens with one attached hydrogen (secondary N) is 1. The molecule has 25 heavy (non-hydrogen) atoms. The highest BCUT2D eigenvalue weighted by molar-refractivity contribution is 6.12. The number of rotatable bonds is 5. The molecule has 0 aliphatic carbocycles. The van der Waals surface area contributed by atoms with Crippen molar-refractivity contribution >= 4 is 23.0 Å². The van der Waals surface area contributed by atoms with E-state index in [2.05, 4.69) is 24.1 Å². The van der Waals surface area contributed by atoms with E-state index in [9.17, 15) is 4.79 Å². The minimum Gasteiger partial charge on any atom is -0.396 e. The van der Waals surface area contributed by atoms with Crippen molar-refractivity contribution in [3.63, 3.8) is 0 Å². The third-order valence-electron chi connectivity index (χ3n) is 4.10. The zero-order valence-electron chi connectivity index (χ0n) is 14.4. The van der Waals surface area contributed by atoms with Gasteiger partial charge >= 0.3 is 0 Å². The molecule has 0 radical (unpaired) electrons. The number of aromatic nitrogens is 1. The minimum atomic E-state index is -0.0343. The standard InChI is InChI=1S/C21H21N3O/c1-14(2)15-9-11-16(12-10-15)20(25)17-6-3-4-8-19(17)24-21-18(22)7-5-13-23-21/h3-14H,22H2,1-2H3,(H,23,24). The van der Waals surface area contributed by atoms with Gasteiger partial charge in [-0.15, -0.1) is 0 Å². The Hall–Kier alpha value is -3.14. The summed E-state index contributed by atoms with van der Waals surface area (Å²) in [5.41, 5.74) is 9.62. The van der Waals surface area contributed by atoms with Crippen LogP contribution in [0.2, 0.25) is 0 Å². The first-order valence-corrected chi connectivity index (χ1v) is 8.27. The van der Waals surface area contributed by atoms with E-state index < -0.39 is 0 Å². The predicted molar refractivity (Wildman–Crippen MR) is 102 cm³/mol. The van der Waals surface area contributed by atoms with Gasteiger partial charge in [0, 0.05) is 17.3 Å². The first-order chi connectivity index (χ1) is 12.1. The Morgan fingerprint density at radius 3 is 2.40 bits per heavy atom. The van der Waals surface area contributed by atoms with Gasteiger partial charge in [0.25, 0.3) is 0 Å². The number of carbonyl (C=O) groups excluding carboxylic acids is 1. The second kappa shape index (κ2) is 7.18. The summed E-state index contributed by atoms with van der Waals surface area (Å²) in [5.74, 6) is 0.941. The highest BCUT2D eigenvalue weighted by atomic mass is 16.1. The molecular weight excluding hydrogens is 310 g/mol. The van der Waals surface area contributed by atoms with Crippen LogP contribution in [0.15, 0.2) is 66.9 Å². The minimum absolute atomic E-state index is 0.0343. The third kappa shape index (κ3) is 3.69. The molecule has 4 heteroatoms. The highest BCUT2D eigenvalue weighted by Gasteiger charge is 2.14. The van der Waals surface area contributed by atoms with Crippen LogP contribution in [-0.4, -0.2) is 10.8 Å². The lowest BCUT2D eigenvalue weighted by Gasteiger charge is -2.12. The number of anilines is 3. The molecule has 0 fully saturated rings. The van der Waals surface area contributed by atoms with Crippen molar-refractivity contribution in [1.82, 2.24) is 4.98 Å². The molecule has 0 aliphatic heterocycles. The van der Waals surface area contributed by atoms with Gasteiger partial charge in [0.15, 0.2) is 11.6 Å². The summed E-state index contributed by atoms with van der Waals surface area (Å²) in [4.78, 5) is 17.2. The van der Waals surface area contributed by atoms with Crippen LogP contribution < -0.4 is 11.1 Å². The smallest absolute Gasteiger partial charge is 0.195 e. The molecule has 1 aromatic heterocycles. The molecular formula is C21H21N3O. The monoisotopic (exact) mass is 331 g/mol. The Balaban J connectivity index is 1.92. The van der Waals surface area contributed by atoms with Crippen molar-refractivity contribution in [2.45, 2.75) is 19.8 Å². The number of carbonyl (C=O) groups is 1. The molecule has 3 rings (SSSR count). The average Bonchev–Trinajstić information content (AvgIpc) is 2.63. The number of nitrogens with two attached hydrogens (primary N) is 1. The number of hydrogen-bond donors (Lipinski definition) is 2. The second-order valence-corrected chi connectivity index (χ2v) is 6.22. The summed E-state index contributed by atoms with van der Waals surface area (Å²) in [6.45, 7) is 4.26. The fourth-order valence-corrected chi connectivity index (χ4v) is 2.61. The fourth-order valence-electron chi connectivity index (χ4n) is 2.61. The van der Waals surface area contributed by atoms with Gasteiger partial charge in [0.05, 0.1) is 11.4 Å². The Labute approximate surface area is 147 Å². The number of benzene rings is 2. The lowest BCUT2D eigenvalue weighted by molar-refractivity contribution is 0.103. The summed E-state index contributed by atoms with van der Waals surface area (Å²) in [6.07, 6.45) is 1.66. The van der Waals surface area contributed by atoms with Gasteiger partial charge in [-0.1, -0.05) is 50.2 Å². The van der Waals surface area contributed by atoms with E-state index in [1.165, 1.54) is 5.56 Å². The zero-order valence-corrected chi connectivity index (χ0v) is 14.4. The molecule has 3 aromatic rings. The van der Waals surface area contributed by atoms with Gasteiger partial charge in [-0.25, -0.2) is 4.98 Å². The number of pyridine rings is 1. The van der Waals surface area contributed by atoms with E-state index in [-0.39, 0.29) is 5.78 Å². The summed E-state index contributed by atoms with van der Waals surface area (Å²) in [5, 5.41) is 3.16. The molecule has 0 saturated carbocycles. The van der Waals surface area contributed by atoms with Crippen LogP contribution in [-0.2, 0) is 0 Å². The van der Waals surface area contributed by atoms with Crippen molar-refractivity contribution in [3.8, 4) is 0 Å². The van der Waals surface area contributed by atoms with Crippen molar-refractivity contribution in [2.75, 3.05) is 11.1 Å². The second-order valence-electron chi connectivity index (χ2n) is 6.22. The Morgan fingerprint density at radius 2 is 1.72 bits per heavy atom. The van der Waals surface area contributed by atoms with E-state index in [1.54, 1.807) is 24.4 Å². The van der Waals surface area contributed by atoms with Gasteiger partial charge in [0.2, 0.25) is 0 Å². The molecule has 0 atom stereocenters. The third-order valence-corrected chi connectivity index (χ3v) is 4.10. The van der Waals surface area contributed by atoms with E-state index >= 15 is 0 Å². The molecule has 4 nitrogen and oxygen atoms in total. The molecule has 2 aromatic carbocycles. The molecule has 0 unspecified atom stereocenters. The van der Waals surface area contributed by atoms with E-state index in [1.807, 2.05) is 42.5 Å². The quantitative estimate of drug-likeness (QED) is 0.661.